The summed E-state index contributed by atoms with van der Waals surface area (Å²) in [6, 6.07) is 10.7. The van der Waals surface area contributed by atoms with E-state index in [1.54, 1.807) is 6.08 Å². The van der Waals surface area contributed by atoms with Crippen LogP contribution in [0.3, 0.4) is 0 Å². The van der Waals surface area contributed by atoms with E-state index in [1.807, 2.05) is 11.5 Å². The number of carbonyl (C=O) groups is 1. The predicted octanol–water partition coefficient (Wildman–Crippen LogP) is 5.25. The second-order valence-electron chi connectivity index (χ2n) is 9.54. The van der Waals surface area contributed by atoms with Gasteiger partial charge in [0.1, 0.15) is 5.54 Å². The Morgan fingerprint density at radius 3 is 2.50 bits per heavy atom. The fraction of sp³-hybridized carbons (Fsp3) is 0.520. The van der Waals surface area contributed by atoms with Gasteiger partial charge in [-0.2, -0.15) is 5.26 Å². The van der Waals surface area contributed by atoms with Crippen molar-refractivity contribution in [3.05, 3.63) is 42.5 Å². The van der Waals surface area contributed by atoms with Gasteiger partial charge in [0.2, 0.25) is 5.91 Å². The minimum absolute atomic E-state index is 0.0796. The van der Waals surface area contributed by atoms with Gasteiger partial charge in [-0.3, -0.25) is 9.36 Å². The lowest BCUT2D eigenvalue weighted by Gasteiger charge is -2.32. The zero-order valence-corrected chi connectivity index (χ0v) is 20.3. The topological polar surface area (TPSA) is 83.6 Å². The van der Waals surface area contributed by atoms with Gasteiger partial charge in [0.05, 0.1) is 11.3 Å². The molecule has 1 aromatic heterocycles. The van der Waals surface area contributed by atoms with Gasteiger partial charge in [0, 0.05) is 12.1 Å². The molecule has 0 saturated heterocycles. The molecule has 32 heavy (non-hydrogen) atoms. The van der Waals surface area contributed by atoms with Crippen molar-refractivity contribution >= 4 is 17.7 Å². The van der Waals surface area contributed by atoms with Crippen LogP contribution in [-0.4, -0.2) is 31.5 Å². The first-order valence-corrected chi connectivity index (χ1v) is 12.1. The number of allylic oxidation sites excluding steroid dienone is 1. The minimum atomic E-state index is -0.737. The number of nitrogens with zero attached hydrogens (tertiary/aromatic N) is 4. The van der Waals surface area contributed by atoms with Crippen LogP contribution in [0, 0.1) is 11.3 Å². The Bertz CT molecular complexity index is 991. The van der Waals surface area contributed by atoms with E-state index in [4.69, 9.17) is 0 Å². The molecule has 1 saturated carbocycles. The summed E-state index contributed by atoms with van der Waals surface area (Å²) >= 11 is 1.36. The molecule has 0 bridgehead atoms. The van der Waals surface area contributed by atoms with E-state index in [1.165, 1.54) is 17.3 Å². The van der Waals surface area contributed by atoms with Gasteiger partial charge in [-0.15, -0.1) is 16.8 Å². The second-order valence-corrected chi connectivity index (χ2v) is 10.8. The normalized spacial score (nSPS) is 16.7. The molecule has 1 atom stereocenters. The first-order chi connectivity index (χ1) is 15.2. The standard InChI is InChI=1S/C25H33N5OS/c1-6-16-30-21(19-10-12-20(13-11-19)24(3,4)5)28-29-23(30)32-18(2)22(31)27-25(17-26)14-8-7-9-15-25/h6,10-13,18H,1,7-9,14-16H2,2-5H3,(H,27,31). The maximum atomic E-state index is 12.9. The van der Waals surface area contributed by atoms with Crippen LogP contribution in [-0.2, 0) is 16.8 Å². The summed E-state index contributed by atoms with van der Waals surface area (Å²) in [4.78, 5) is 12.9. The number of benzene rings is 1. The molecule has 1 aliphatic carbocycles. The Kier molecular flexibility index (Phi) is 7.45. The SMILES string of the molecule is C=CCn1c(SC(C)C(=O)NC2(C#N)CCCCC2)nnc1-c1ccc(C(C)(C)C)cc1. The average Bonchev–Trinajstić information content (AvgIpc) is 3.16. The lowest BCUT2D eigenvalue weighted by molar-refractivity contribution is -0.121. The molecule has 6 nitrogen and oxygen atoms in total. The van der Waals surface area contributed by atoms with E-state index in [0.717, 1.165) is 30.7 Å². The molecule has 1 N–H and O–H groups in total. The first-order valence-electron chi connectivity index (χ1n) is 11.2. The molecule has 1 heterocycles. The molecule has 7 heteroatoms. The third-order valence-corrected chi connectivity index (χ3v) is 7.05. The molecule has 2 aromatic rings. The van der Waals surface area contributed by atoms with Crippen molar-refractivity contribution in [1.29, 1.82) is 5.26 Å². The van der Waals surface area contributed by atoms with Crippen molar-refractivity contribution < 1.29 is 4.79 Å². The number of aromatic nitrogens is 3. The van der Waals surface area contributed by atoms with Crippen LogP contribution >= 0.6 is 11.8 Å². The van der Waals surface area contributed by atoms with Crippen LogP contribution in [0.5, 0.6) is 0 Å². The lowest BCUT2D eigenvalue weighted by Crippen LogP contribution is -2.51. The summed E-state index contributed by atoms with van der Waals surface area (Å²) in [5, 5.41) is 21.7. The fourth-order valence-electron chi connectivity index (χ4n) is 3.97. The summed E-state index contributed by atoms with van der Waals surface area (Å²) in [6.07, 6.45) is 6.30. The van der Waals surface area contributed by atoms with Gasteiger partial charge >= 0.3 is 0 Å². The van der Waals surface area contributed by atoms with Crippen molar-refractivity contribution in [3.8, 4) is 17.5 Å². The van der Waals surface area contributed by atoms with E-state index >= 15 is 0 Å². The molecule has 170 valence electrons. The number of hydrogen-bond acceptors (Lipinski definition) is 5. The molecule has 1 aliphatic rings. The zero-order valence-electron chi connectivity index (χ0n) is 19.5. The zero-order chi connectivity index (χ0) is 23.4. The molecule has 0 aliphatic heterocycles. The van der Waals surface area contributed by atoms with Crippen molar-refractivity contribution in [1.82, 2.24) is 20.1 Å². The summed E-state index contributed by atoms with van der Waals surface area (Å²) in [6.45, 7) is 12.8. The van der Waals surface area contributed by atoms with Crippen molar-refractivity contribution in [2.24, 2.45) is 0 Å². The summed E-state index contributed by atoms with van der Waals surface area (Å²) in [7, 11) is 0. The van der Waals surface area contributed by atoms with Gasteiger partial charge in [-0.1, -0.05) is 82.1 Å². The monoisotopic (exact) mass is 451 g/mol. The Balaban J connectivity index is 1.78. The second kappa shape index (κ2) is 9.91. The number of amides is 1. The van der Waals surface area contributed by atoms with Crippen molar-refractivity contribution in [3.63, 3.8) is 0 Å². The molecule has 3 rings (SSSR count). The molecule has 1 amide bonds. The Morgan fingerprint density at radius 1 is 1.28 bits per heavy atom. The first kappa shape index (κ1) is 24.1. The number of nitriles is 1. The van der Waals surface area contributed by atoms with E-state index in [9.17, 15) is 10.1 Å². The summed E-state index contributed by atoms with van der Waals surface area (Å²) < 4.78 is 1.98. The highest BCUT2D eigenvalue weighted by Gasteiger charge is 2.35. The molecule has 1 fully saturated rings. The molecule has 0 radical (unpaired) electrons. The van der Waals surface area contributed by atoms with Gasteiger partial charge < -0.3 is 5.32 Å². The molecular weight excluding hydrogens is 418 g/mol. The van der Waals surface area contributed by atoms with Crippen LogP contribution in [0.4, 0.5) is 0 Å². The highest BCUT2D eigenvalue weighted by atomic mass is 32.2. The third kappa shape index (κ3) is 5.42. The molecular formula is C25H33N5OS. The van der Waals surface area contributed by atoms with E-state index < -0.39 is 10.8 Å². The maximum Gasteiger partial charge on any atom is 0.234 e. The number of nitrogens with one attached hydrogen (secondary N) is 1. The van der Waals surface area contributed by atoms with Crippen molar-refractivity contribution in [2.75, 3.05) is 0 Å². The van der Waals surface area contributed by atoms with E-state index in [-0.39, 0.29) is 11.3 Å². The van der Waals surface area contributed by atoms with Crippen LogP contribution in [0.2, 0.25) is 0 Å². The van der Waals surface area contributed by atoms with Gasteiger partial charge in [0.25, 0.3) is 0 Å². The quantitative estimate of drug-likeness (QED) is 0.459. The fourth-order valence-corrected chi connectivity index (χ4v) is 4.83. The lowest BCUT2D eigenvalue weighted by atomic mass is 9.83. The smallest absolute Gasteiger partial charge is 0.234 e. The minimum Gasteiger partial charge on any atom is -0.337 e. The summed E-state index contributed by atoms with van der Waals surface area (Å²) in [5.74, 6) is 0.615. The summed E-state index contributed by atoms with van der Waals surface area (Å²) in [5.41, 5.74) is 1.57. The van der Waals surface area contributed by atoms with Crippen LogP contribution in [0.25, 0.3) is 11.4 Å². The molecule has 1 aromatic carbocycles. The van der Waals surface area contributed by atoms with Crippen LogP contribution in [0.15, 0.2) is 42.1 Å². The highest BCUT2D eigenvalue weighted by molar-refractivity contribution is 8.00. The van der Waals surface area contributed by atoms with Crippen LogP contribution < -0.4 is 5.32 Å². The largest absolute Gasteiger partial charge is 0.337 e. The number of rotatable bonds is 7. The predicted molar refractivity (Wildman–Crippen MR) is 129 cm³/mol. The Hall–Kier alpha value is -2.59. The number of thioether (sulfide) groups is 1. The van der Waals surface area contributed by atoms with Gasteiger partial charge in [-0.05, 0) is 30.7 Å². The molecule has 1 unspecified atom stereocenters. The van der Waals surface area contributed by atoms with Gasteiger partial charge in [-0.25, -0.2) is 0 Å². The van der Waals surface area contributed by atoms with Crippen LogP contribution in [0.1, 0.15) is 65.4 Å². The van der Waals surface area contributed by atoms with E-state index in [2.05, 4.69) is 73.2 Å². The van der Waals surface area contributed by atoms with Crippen molar-refractivity contribution in [2.45, 2.75) is 87.7 Å². The number of carbonyl (C=O) groups excluding carboxylic acids is 1. The highest BCUT2D eigenvalue weighted by Crippen LogP contribution is 2.31. The van der Waals surface area contributed by atoms with E-state index in [0.29, 0.717) is 24.5 Å². The third-order valence-electron chi connectivity index (χ3n) is 5.97. The van der Waals surface area contributed by atoms with Gasteiger partial charge in [0.15, 0.2) is 11.0 Å². The Labute approximate surface area is 195 Å². The Morgan fingerprint density at radius 2 is 1.94 bits per heavy atom. The average molecular weight is 452 g/mol. The number of hydrogen-bond donors (Lipinski definition) is 1. The molecule has 0 spiro atoms. The maximum absolute atomic E-state index is 12.9.